The first kappa shape index (κ1) is 13.9. The van der Waals surface area contributed by atoms with Crippen molar-refractivity contribution >= 4 is 12.1 Å². The fourth-order valence-corrected chi connectivity index (χ4v) is 5.26. The third-order valence-corrected chi connectivity index (χ3v) is 5.75. The first-order chi connectivity index (χ1) is 10.6. The van der Waals surface area contributed by atoms with Gasteiger partial charge in [0.05, 0.1) is 11.6 Å². The summed E-state index contributed by atoms with van der Waals surface area (Å²) in [5.41, 5.74) is 3.19. The topological polar surface area (TPSA) is 41.5 Å². The van der Waals surface area contributed by atoms with Crippen LogP contribution in [0.25, 0.3) is 0 Å². The largest absolute Gasteiger partial charge is 0.273 e. The minimum atomic E-state index is -0.295. The van der Waals surface area contributed by atoms with Crippen LogP contribution >= 0.6 is 0 Å². The molecule has 0 atom stereocenters. The summed E-state index contributed by atoms with van der Waals surface area (Å²) in [4.78, 5) is 12.7. The van der Waals surface area contributed by atoms with E-state index in [1.54, 1.807) is 12.1 Å². The molecule has 4 aliphatic carbocycles. The van der Waals surface area contributed by atoms with E-state index in [9.17, 15) is 9.18 Å². The Morgan fingerprint density at radius 2 is 1.82 bits per heavy atom. The van der Waals surface area contributed by atoms with Gasteiger partial charge in [-0.05, 0) is 74.0 Å². The van der Waals surface area contributed by atoms with E-state index >= 15 is 0 Å². The number of benzene rings is 1. The maximum Gasteiger partial charge on any atom is 0.246 e. The molecule has 1 amide bonds. The maximum absolute atomic E-state index is 13.1. The molecule has 22 heavy (non-hydrogen) atoms. The summed E-state index contributed by atoms with van der Waals surface area (Å²) in [7, 11) is 0. The number of carbonyl (C=O) groups excluding carboxylic acids is 1. The van der Waals surface area contributed by atoms with Crippen LogP contribution in [0.2, 0.25) is 0 Å². The quantitative estimate of drug-likeness (QED) is 0.674. The highest BCUT2D eigenvalue weighted by atomic mass is 19.1. The van der Waals surface area contributed by atoms with Gasteiger partial charge in [0, 0.05) is 0 Å². The zero-order valence-corrected chi connectivity index (χ0v) is 12.6. The minimum Gasteiger partial charge on any atom is -0.273 e. The van der Waals surface area contributed by atoms with Crippen molar-refractivity contribution in [2.45, 2.75) is 38.5 Å². The van der Waals surface area contributed by atoms with Crippen LogP contribution in [0.15, 0.2) is 29.4 Å². The first-order valence-electron chi connectivity index (χ1n) is 8.22. The average molecular weight is 300 g/mol. The summed E-state index contributed by atoms with van der Waals surface area (Å²) < 4.78 is 13.1. The molecule has 116 valence electrons. The fraction of sp³-hybridized carbons (Fsp3) is 0.556. The molecule has 0 spiro atoms. The zero-order valence-electron chi connectivity index (χ0n) is 12.6. The summed E-state index contributed by atoms with van der Waals surface area (Å²) in [6, 6.07) is 6.20. The number of carbonyl (C=O) groups is 1. The lowest BCUT2D eigenvalue weighted by Crippen LogP contribution is -2.52. The number of rotatable bonds is 3. The van der Waals surface area contributed by atoms with Crippen LogP contribution in [0, 0.1) is 29.0 Å². The molecule has 5 rings (SSSR count). The van der Waals surface area contributed by atoms with E-state index in [4.69, 9.17) is 0 Å². The van der Waals surface area contributed by atoms with Crippen molar-refractivity contribution in [1.82, 2.24) is 5.43 Å². The molecule has 0 unspecified atom stereocenters. The Hall–Kier alpha value is -1.71. The lowest BCUT2D eigenvalue weighted by atomic mass is 9.49. The number of hydrazone groups is 1. The summed E-state index contributed by atoms with van der Waals surface area (Å²) in [5, 5.41) is 4.05. The molecule has 0 radical (unpaired) electrons. The Morgan fingerprint density at radius 3 is 2.41 bits per heavy atom. The van der Waals surface area contributed by atoms with E-state index in [-0.39, 0.29) is 17.1 Å². The highest BCUT2D eigenvalue weighted by Crippen LogP contribution is 2.60. The second-order valence-corrected chi connectivity index (χ2v) is 7.45. The highest BCUT2D eigenvalue weighted by molar-refractivity contribution is 5.85. The van der Waals surface area contributed by atoms with Crippen LogP contribution in [-0.2, 0) is 4.79 Å². The van der Waals surface area contributed by atoms with Gasteiger partial charge in [-0.15, -0.1) is 0 Å². The third-order valence-electron chi connectivity index (χ3n) is 5.75. The normalized spacial score (nSPS) is 36.0. The molecular formula is C18H21FN2O. The van der Waals surface area contributed by atoms with Crippen molar-refractivity contribution in [3.05, 3.63) is 35.6 Å². The predicted molar refractivity (Wildman–Crippen MR) is 82.7 cm³/mol. The number of nitrogens with zero attached hydrogens (tertiary/aromatic N) is 1. The molecule has 0 aliphatic heterocycles. The molecule has 4 bridgehead atoms. The SMILES string of the molecule is O=C(N/N=C/c1cccc(F)c1)C12CC3CC(CC(C3)C1)C2. The fourth-order valence-electron chi connectivity index (χ4n) is 5.26. The van der Waals surface area contributed by atoms with E-state index in [0.717, 1.165) is 37.0 Å². The molecule has 0 saturated heterocycles. The second kappa shape index (κ2) is 5.18. The summed E-state index contributed by atoms with van der Waals surface area (Å²) in [6.07, 6.45) is 8.56. The molecule has 4 aliphatic rings. The standard InChI is InChI=1S/C18H21FN2O/c19-16-3-1-2-12(7-16)11-20-21-17(22)18-8-13-4-14(9-18)6-15(5-13)10-18/h1-3,7,11,13-15H,4-6,8-10H2,(H,21,22)/b20-11+. The van der Waals surface area contributed by atoms with Crippen molar-refractivity contribution in [1.29, 1.82) is 0 Å². The van der Waals surface area contributed by atoms with E-state index in [1.807, 2.05) is 0 Å². The average Bonchev–Trinajstić information content (AvgIpc) is 2.46. The Bertz CT molecular complexity index is 590. The second-order valence-electron chi connectivity index (χ2n) is 7.45. The molecule has 0 heterocycles. The van der Waals surface area contributed by atoms with Gasteiger partial charge in [-0.3, -0.25) is 4.79 Å². The molecule has 0 aromatic heterocycles. The van der Waals surface area contributed by atoms with Crippen LogP contribution < -0.4 is 5.43 Å². The number of nitrogens with one attached hydrogen (secondary N) is 1. The number of halogens is 1. The number of hydrogen-bond donors (Lipinski definition) is 1. The van der Waals surface area contributed by atoms with E-state index in [0.29, 0.717) is 5.56 Å². The van der Waals surface area contributed by atoms with Crippen molar-refractivity contribution in [2.24, 2.45) is 28.3 Å². The van der Waals surface area contributed by atoms with Crippen molar-refractivity contribution in [2.75, 3.05) is 0 Å². The molecule has 1 N–H and O–H groups in total. The van der Waals surface area contributed by atoms with Gasteiger partial charge in [0.1, 0.15) is 5.82 Å². The van der Waals surface area contributed by atoms with Crippen LogP contribution in [0.1, 0.15) is 44.1 Å². The molecule has 4 heteroatoms. The molecule has 4 fully saturated rings. The molecular weight excluding hydrogens is 279 g/mol. The smallest absolute Gasteiger partial charge is 0.246 e. The minimum absolute atomic E-state index is 0.0688. The van der Waals surface area contributed by atoms with Crippen LogP contribution in [-0.4, -0.2) is 12.1 Å². The van der Waals surface area contributed by atoms with Crippen molar-refractivity contribution in [3.8, 4) is 0 Å². The molecule has 1 aromatic rings. The Morgan fingerprint density at radius 1 is 1.18 bits per heavy atom. The lowest BCUT2D eigenvalue weighted by molar-refractivity contribution is -0.146. The number of hydrogen-bond acceptors (Lipinski definition) is 2. The Kier molecular flexibility index (Phi) is 3.28. The summed E-state index contributed by atoms with van der Waals surface area (Å²) in [6.45, 7) is 0. The van der Waals surface area contributed by atoms with Gasteiger partial charge in [0.25, 0.3) is 0 Å². The van der Waals surface area contributed by atoms with Gasteiger partial charge >= 0.3 is 0 Å². The van der Waals surface area contributed by atoms with E-state index in [2.05, 4.69) is 10.5 Å². The molecule has 1 aromatic carbocycles. The summed E-state index contributed by atoms with van der Waals surface area (Å²) in [5.74, 6) is 1.99. The summed E-state index contributed by atoms with van der Waals surface area (Å²) >= 11 is 0. The van der Waals surface area contributed by atoms with Crippen LogP contribution in [0.4, 0.5) is 4.39 Å². The van der Waals surface area contributed by atoms with E-state index < -0.39 is 0 Å². The van der Waals surface area contributed by atoms with Gasteiger partial charge in [-0.1, -0.05) is 12.1 Å². The molecule has 4 saturated carbocycles. The van der Waals surface area contributed by atoms with Crippen molar-refractivity contribution in [3.63, 3.8) is 0 Å². The van der Waals surface area contributed by atoms with Gasteiger partial charge < -0.3 is 0 Å². The monoisotopic (exact) mass is 300 g/mol. The number of amides is 1. The van der Waals surface area contributed by atoms with E-state index in [1.165, 1.54) is 37.6 Å². The van der Waals surface area contributed by atoms with Gasteiger partial charge in [-0.2, -0.15) is 5.10 Å². The highest BCUT2D eigenvalue weighted by Gasteiger charge is 2.54. The molecule has 3 nitrogen and oxygen atoms in total. The van der Waals surface area contributed by atoms with Crippen LogP contribution in [0.3, 0.4) is 0 Å². The van der Waals surface area contributed by atoms with Gasteiger partial charge in [0.2, 0.25) is 5.91 Å². The van der Waals surface area contributed by atoms with Crippen molar-refractivity contribution < 1.29 is 9.18 Å². The zero-order chi connectivity index (χ0) is 15.2. The lowest BCUT2D eigenvalue weighted by Gasteiger charge is -2.55. The Labute approximate surface area is 130 Å². The third kappa shape index (κ3) is 2.44. The maximum atomic E-state index is 13.1. The predicted octanol–water partition coefficient (Wildman–Crippen LogP) is 3.49. The van der Waals surface area contributed by atoms with Crippen LogP contribution in [0.5, 0.6) is 0 Å². The van der Waals surface area contributed by atoms with Gasteiger partial charge in [-0.25, -0.2) is 9.82 Å². The Balaban J connectivity index is 1.44. The van der Waals surface area contributed by atoms with Gasteiger partial charge in [0.15, 0.2) is 0 Å². The first-order valence-corrected chi connectivity index (χ1v) is 8.22.